The highest BCUT2D eigenvalue weighted by molar-refractivity contribution is 7.92. The molecule has 0 bridgehead atoms. The SMILES string of the molecule is CCc1cc(S(=O)(=O)Nc2ccncn2)c(F)cc1N[C@@H]1CCN(c2cccc(C(F)(F)F)c2)C[C@H]1N(C)C. The lowest BCUT2D eigenvalue weighted by Crippen LogP contribution is -2.56. The maximum atomic E-state index is 15.2. The third kappa shape index (κ3) is 6.59. The Morgan fingerprint density at radius 3 is 2.56 bits per heavy atom. The fourth-order valence-electron chi connectivity index (χ4n) is 4.71. The van der Waals surface area contributed by atoms with Crippen LogP contribution in [0.15, 0.2) is 59.9 Å². The lowest BCUT2D eigenvalue weighted by atomic mass is 9.96. The summed E-state index contributed by atoms with van der Waals surface area (Å²) in [6.07, 6.45) is -0.877. The van der Waals surface area contributed by atoms with Gasteiger partial charge in [0.2, 0.25) is 0 Å². The Bertz CT molecular complexity index is 1400. The second-order valence-corrected chi connectivity index (χ2v) is 11.2. The number of piperidine rings is 1. The highest BCUT2D eigenvalue weighted by atomic mass is 32.2. The normalized spacial score (nSPS) is 18.3. The van der Waals surface area contributed by atoms with Crippen molar-refractivity contribution < 1.29 is 26.0 Å². The predicted octanol–water partition coefficient (Wildman–Crippen LogP) is 4.62. The summed E-state index contributed by atoms with van der Waals surface area (Å²) in [7, 11) is -0.481. The van der Waals surface area contributed by atoms with E-state index < -0.39 is 32.5 Å². The van der Waals surface area contributed by atoms with E-state index in [4.69, 9.17) is 0 Å². The first-order valence-electron chi connectivity index (χ1n) is 12.4. The minimum absolute atomic E-state index is 0.0194. The van der Waals surface area contributed by atoms with Crippen LogP contribution < -0.4 is 14.9 Å². The zero-order valence-electron chi connectivity index (χ0n) is 21.7. The van der Waals surface area contributed by atoms with Crippen molar-refractivity contribution in [1.29, 1.82) is 0 Å². The average molecular weight is 567 g/mol. The van der Waals surface area contributed by atoms with Crippen LogP contribution in [-0.2, 0) is 22.6 Å². The quantitative estimate of drug-likeness (QED) is 0.385. The molecule has 4 rings (SSSR count). The molecule has 1 aliphatic heterocycles. The van der Waals surface area contributed by atoms with E-state index in [1.54, 1.807) is 6.07 Å². The summed E-state index contributed by atoms with van der Waals surface area (Å²) in [6, 6.07) is 8.84. The molecule has 13 heteroatoms. The minimum Gasteiger partial charge on any atom is -0.380 e. The van der Waals surface area contributed by atoms with Crippen molar-refractivity contribution in [3.63, 3.8) is 0 Å². The van der Waals surface area contributed by atoms with Gasteiger partial charge in [0.15, 0.2) is 0 Å². The van der Waals surface area contributed by atoms with Crippen LogP contribution in [-0.4, -0.2) is 62.6 Å². The first-order chi connectivity index (χ1) is 18.4. The molecule has 0 radical (unpaired) electrons. The van der Waals surface area contributed by atoms with Gasteiger partial charge >= 0.3 is 6.18 Å². The number of likely N-dealkylation sites (N-methyl/N-ethyl adjacent to an activating group) is 1. The molecule has 3 aromatic rings. The Balaban J connectivity index is 1.56. The van der Waals surface area contributed by atoms with E-state index in [-0.39, 0.29) is 17.9 Å². The van der Waals surface area contributed by atoms with Crippen LogP contribution in [0.4, 0.5) is 34.8 Å². The Morgan fingerprint density at radius 2 is 1.92 bits per heavy atom. The molecule has 2 heterocycles. The monoisotopic (exact) mass is 566 g/mol. The zero-order chi connectivity index (χ0) is 28.4. The van der Waals surface area contributed by atoms with Gasteiger partial charge in [-0.3, -0.25) is 4.72 Å². The van der Waals surface area contributed by atoms with Crippen LogP contribution >= 0.6 is 0 Å². The van der Waals surface area contributed by atoms with Crippen LogP contribution in [0.1, 0.15) is 24.5 Å². The number of aromatic nitrogens is 2. The van der Waals surface area contributed by atoms with Crippen molar-refractivity contribution in [2.75, 3.05) is 42.1 Å². The molecule has 39 heavy (non-hydrogen) atoms. The van der Waals surface area contributed by atoms with Gasteiger partial charge in [-0.05, 0) is 68.9 Å². The molecule has 210 valence electrons. The summed E-state index contributed by atoms with van der Waals surface area (Å²) < 4.78 is 82.9. The van der Waals surface area contributed by atoms with E-state index in [0.29, 0.717) is 42.9 Å². The maximum absolute atomic E-state index is 15.2. The zero-order valence-corrected chi connectivity index (χ0v) is 22.5. The molecule has 0 amide bonds. The minimum atomic E-state index is -4.43. The Kier molecular flexibility index (Phi) is 8.31. The van der Waals surface area contributed by atoms with Crippen LogP contribution in [0.3, 0.4) is 0 Å². The molecule has 1 aliphatic rings. The molecule has 0 unspecified atom stereocenters. The van der Waals surface area contributed by atoms with Gasteiger partial charge in [-0.1, -0.05) is 13.0 Å². The van der Waals surface area contributed by atoms with E-state index in [9.17, 15) is 21.6 Å². The van der Waals surface area contributed by atoms with Gasteiger partial charge in [-0.2, -0.15) is 13.2 Å². The highest BCUT2D eigenvalue weighted by Crippen LogP contribution is 2.33. The Hall–Kier alpha value is -3.45. The van der Waals surface area contributed by atoms with Gasteiger partial charge < -0.3 is 15.1 Å². The van der Waals surface area contributed by atoms with Crippen LogP contribution in [0.2, 0.25) is 0 Å². The molecular formula is C26H30F4N6O2S. The fourth-order valence-corrected chi connectivity index (χ4v) is 5.83. The number of nitrogens with zero attached hydrogens (tertiary/aromatic N) is 4. The number of aryl methyl sites for hydroxylation is 1. The van der Waals surface area contributed by atoms with E-state index in [1.807, 2.05) is 30.8 Å². The van der Waals surface area contributed by atoms with Crippen molar-refractivity contribution in [2.45, 2.75) is 42.9 Å². The average Bonchev–Trinajstić information content (AvgIpc) is 2.88. The largest absolute Gasteiger partial charge is 0.416 e. The molecule has 1 aromatic heterocycles. The number of anilines is 3. The lowest BCUT2D eigenvalue weighted by Gasteiger charge is -2.43. The summed E-state index contributed by atoms with van der Waals surface area (Å²) in [5.41, 5.74) is 0.868. The van der Waals surface area contributed by atoms with E-state index >= 15 is 4.39 Å². The molecule has 1 fully saturated rings. The molecule has 1 saturated heterocycles. The number of rotatable bonds is 8. The smallest absolute Gasteiger partial charge is 0.380 e. The number of sulfonamides is 1. The second-order valence-electron chi connectivity index (χ2n) is 9.56. The van der Waals surface area contributed by atoms with Crippen molar-refractivity contribution in [1.82, 2.24) is 14.9 Å². The van der Waals surface area contributed by atoms with Gasteiger partial charge in [-0.15, -0.1) is 0 Å². The summed E-state index contributed by atoms with van der Waals surface area (Å²) in [4.78, 5) is 11.0. The molecule has 0 spiro atoms. The molecular weight excluding hydrogens is 536 g/mol. The summed E-state index contributed by atoms with van der Waals surface area (Å²) in [6.45, 7) is 2.78. The van der Waals surface area contributed by atoms with Crippen molar-refractivity contribution in [3.05, 3.63) is 71.9 Å². The number of hydrogen-bond donors (Lipinski definition) is 2. The molecule has 0 aliphatic carbocycles. The first kappa shape index (κ1) is 28.6. The number of hydrogen-bond acceptors (Lipinski definition) is 7. The van der Waals surface area contributed by atoms with Crippen LogP contribution in [0.25, 0.3) is 0 Å². The lowest BCUT2D eigenvalue weighted by molar-refractivity contribution is -0.137. The van der Waals surface area contributed by atoms with Gasteiger partial charge in [0.1, 0.15) is 22.9 Å². The predicted molar refractivity (Wildman–Crippen MR) is 142 cm³/mol. The fraction of sp³-hybridized carbons (Fsp3) is 0.385. The molecule has 2 aromatic carbocycles. The van der Waals surface area contributed by atoms with E-state index in [2.05, 4.69) is 20.0 Å². The van der Waals surface area contributed by atoms with E-state index in [1.165, 1.54) is 36.8 Å². The standard InChI is InChI=1S/C26H30F4N6O2S/c1-4-17-12-24(39(37,38)34-25-8-10-31-16-32-25)20(27)14-22(17)33-21-9-11-36(15-23(21)35(2)3)19-7-5-6-18(13-19)26(28,29)30/h5-8,10,12-14,16,21,23,33H,4,9,11,15H2,1-3H3,(H,31,32,34)/t21-,23-/m1/s1. The molecule has 2 N–H and O–H groups in total. The van der Waals surface area contributed by atoms with E-state index in [0.717, 1.165) is 12.1 Å². The highest BCUT2D eigenvalue weighted by Gasteiger charge is 2.34. The summed E-state index contributed by atoms with van der Waals surface area (Å²) >= 11 is 0. The topological polar surface area (TPSA) is 90.5 Å². The number of alkyl halides is 3. The molecule has 0 saturated carbocycles. The van der Waals surface area contributed by atoms with Crippen molar-refractivity contribution in [2.24, 2.45) is 0 Å². The number of nitrogens with one attached hydrogen (secondary N) is 2. The first-order valence-corrected chi connectivity index (χ1v) is 13.8. The summed E-state index contributed by atoms with van der Waals surface area (Å²) in [5, 5.41) is 3.38. The Morgan fingerprint density at radius 1 is 1.15 bits per heavy atom. The van der Waals surface area contributed by atoms with Crippen molar-refractivity contribution >= 4 is 27.2 Å². The van der Waals surface area contributed by atoms with Crippen LogP contribution in [0, 0.1) is 5.82 Å². The van der Waals surface area contributed by atoms with Gasteiger partial charge in [0.25, 0.3) is 10.0 Å². The molecule has 2 atom stereocenters. The van der Waals surface area contributed by atoms with Crippen molar-refractivity contribution in [3.8, 4) is 0 Å². The molecule has 8 nitrogen and oxygen atoms in total. The second kappa shape index (κ2) is 11.3. The van der Waals surface area contributed by atoms with Crippen LogP contribution in [0.5, 0.6) is 0 Å². The number of benzene rings is 2. The third-order valence-electron chi connectivity index (χ3n) is 6.77. The van der Waals surface area contributed by atoms with Gasteiger partial charge in [0.05, 0.1) is 5.56 Å². The maximum Gasteiger partial charge on any atom is 0.416 e. The Labute approximate surface area is 225 Å². The van der Waals surface area contributed by atoms with Gasteiger partial charge in [0, 0.05) is 42.7 Å². The van der Waals surface area contributed by atoms with Gasteiger partial charge in [-0.25, -0.2) is 22.8 Å². The summed E-state index contributed by atoms with van der Waals surface area (Å²) in [5.74, 6) is -0.898. The number of halogens is 4. The third-order valence-corrected chi connectivity index (χ3v) is 8.14.